The zero-order valence-electron chi connectivity index (χ0n) is 9.63. The molecule has 0 bridgehead atoms. The van der Waals surface area contributed by atoms with Crippen LogP contribution >= 0.6 is 11.6 Å². The average Bonchev–Trinajstić information content (AvgIpc) is 2.71. The Labute approximate surface area is 106 Å². The van der Waals surface area contributed by atoms with Crippen LogP contribution in [0.4, 0.5) is 0 Å². The molecule has 2 aliphatic carbocycles. The van der Waals surface area contributed by atoms with Gasteiger partial charge >= 0.3 is 0 Å². The molecule has 0 saturated heterocycles. The molecular weight excluding hydrogens is 234 g/mol. The standard InChI is InChI=1S/C14H14ClNO/c15-13-8-11(7-10-3-1-4-12(10)13)14(16-9-17)5-2-6-14/h7-8H,1-6H2. The van der Waals surface area contributed by atoms with E-state index in [0.717, 1.165) is 42.7 Å². The van der Waals surface area contributed by atoms with Crippen LogP contribution < -0.4 is 0 Å². The summed E-state index contributed by atoms with van der Waals surface area (Å²) in [7, 11) is 0. The van der Waals surface area contributed by atoms with Crippen LogP contribution in [0, 0.1) is 0 Å². The second-order valence-corrected chi connectivity index (χ2v) is 5.44. The second kappa shape index (κ2) is 3.97. The predicted octanol–water partition coefficient (Wildman–Crippen LogP) is 3.54. The lowest BCUT2D eigenvalue weighted by Crippen LogP contribution is -2.32. The molecule has 0 amide bonds. The number of fused-ring (bicyclic) bond motifs is 1. The summed E-state index contributed by atoms with van der Waals surface area (Å²) in [6.45, 7) is 0. The van der Waals surface area contributed by atoms with E-state index >= 15 is 0 Å². The molecule has 2 nitrogen and oxygen atoms in total. The van der Waals surface area contributed by atoms with E-state index in [9.17, 15) is 4.79 Å². The van der Waals surface area contributed by atoms with Crippen molar-refractivity contribution in [2.45, 2.75) is 44.1 Å². The van der Waals surface area contributed by atoms with Gasteiger partial charge in [-0.25, -0.2) is 4.79 Å². The highest BCUT2D eigenvalue weighted by atomic mass is 35.5. The Morgan fingerprint density at radius 3 is 2.71 bits per heavy atom. The molecule has 1 aromatic carbocycles. The highest BCUT2D eigenvalue weighted by Gasteiger charge is 2.39. The van der Waals surface area contributed by atoms with Gasteiger partial charge in [0.2, 0.25) is 6.08 Å². The van der Waals surface area contributed by atoms with Crippen molar-refractivity contribution in [1.82, 2.24) is 0 Å². The summed E-state index contributed by atoms with van der Waals surface area (Å²) in [4.78, 5) is 14.6. The maximum absolute atomic E-state index is 10.6. The van der Waals surface area contributed by atoms with Gasteiger partial charge in [-0.1, -0.05) is 17.7 Å². The van der Waals surface area contributed by atoms with Gasteiger partial charge in [0.1, 0.15) is 0 Å². The van der Waals surface area contributed by atoms with E-state index in [2.05, 4.69) is 11.1 Å². The van der Waals surface area contributed by atoms with Crippen LogP contribution in [0.3, 0.4) is 0 Å². The number of nitrogens with zero attached hydrogens (tertiary/aromatic N) is 1. The number of isocyanates is 1. The largest absolute Gasteiger partial charge is 0.235 e. The number of carbonyl (C=O) groups excluding carboxylic acids is 1. The van der Waals surface area contributed by atoms with Crippen LogP contribution in [-0.4, -0.2) is 6.08 Å². The van der Waals surface area contributed by atoms with Crippen molar-refractivity contribution in [3.63, 3.8) is 0 Å². The van der Waals surface area contributed by atoms with Gasteiger partial charge in [0.05, 0.1) is 5.54 Å². The van der Waals surface area contributed by atoms with Crippen molar-refractivity contribution in [3.8, 4) is 0 Å². The lowest BCUT2D eigenvalue weighted by atomic mass is 9.72. The first-order chi connectivity index (χ1) is 8.25. The molecule has 3 heteroatoms. The fourth-order valence-corrected chi connectivity index (χ4v) is 3.32. The Hall–Kier alpha value is -1.11. The summed E-state index contributed by atoms with van der Waals surface area (Å²) in [6.07, 6.45) is 8.10. The smallest absolute Gasteiger partial charge is 0.211 e. The van der Waals surface area contributed by atoms with E-state index in [4.69, 9.17) is 11.6 Å². The molecule has 1 saturated carbocycles. The molecule has 1 aromatic rings. The monoisotopic (exact) mass is 247 g/mol. The molecule has 0 spiro atoms. The van der Waals surface area contributed by atoms with Crippen LogP contribution in [0.5, 0.6) is 0 Å². The Kier molecular flexibility index (Phi) is 2.57. The van der Waals surface area contributed by atoms with Crippen LogP contribution in [0.2, 0.25) is 5.02 Å². The molecule has 1 fully saturated rings. The van der Waals surface area contributed by atoms with E-state index in [0.29, 0.717) is 0 Å². The summed E-state index contributed by atoms with van der Waals surface area (Å²) in [5.74, 6) is 0. The zero-order valence-corrected chi connectivity index (χ0v) is 10.4. The summed E-state index contributed by atoms with van der Waals surface area (Å²) in [5.41, 5.74) is 3.43. The van der Waals surface area contributed by atoms with Crippen LogP contribution in [-0.2, 0) is 23.2 Å². The summed E-state index contributed by atoms with van der Waals surface area (Å²) in [6, 6.07) is 4.21. The Morgan fingerprint density at radius 2 is 2.06 bits per heavy atom. The Morgan fingerprint density at radius 1 is 1.24 bits per heavy atom. The lowest BCUT2D eigenvalue weighted by molar-refractivity contribution is 0.256. The fraction of sp³-hybridized carbons (Fsp3) is 0.500. The number of benzene rings is 1. The van der Waals surface area contributed by atoms with E-state index in [1.165, 1.54) is 17.5 Å². The lowest BCUT2D eigenvalue weighted by Gasteiger charge is -2.37. The number of halogens is 1. The molecule has 0 aliphatic heterocycles. The first-order valence-corrected chi connectivity index (χ1v) is 6.54. The third-order valence-electron chi connectivity index (χ3n) is 4.14. The molecule has 0 aromatic heterocycles. The molecular formula is C14H14ClNO. The predicted molar refractivity (Wildman–Crippen MR) is 67.1 cm³/mol. The molecule has 17 heavy (non-hydrogen) atoms. The van der Waals surface area contributed by atoms with Gasteiger partial charge in [-0.15, -0.1) is 0 Å². The Balaban J connectivity index is 2.09. The average molecular weight is 248 g/mol. The third-order valence-corrected chi connectivity index (χ3v) is 4.48. The maximum Gasteiger partial charge on any atom is 0.235 e. The van der Waals surface area contributed by atoms with Crippen molar-refractivity contribution in [2.75, 3.05) is 0 Å². The summed E-state index contributed by atoms with van der Waals surface area (Å²) >= 11 is 6.32. The molecule has 0 heterocycles. The quantitative estimate of drug-likeness (QED) is 0.581. The number of hydrogen-bond acceptors (Lipinski definition) is 2. The Bertz CT molecular complexity index is 513. The second-order valence-electron chi connectivity index (χ2n) is 5.04. The van der Waals surface area contributed by atoms with Crippen LogP contribution in [0.25, 0.3) is 0 Å². The van der Waals surface area contributed by atoms with Gasteiger partial charge < -0.3 is 0 Å². The molecule has 0 unspecified atom stereocenters. The van der Waals surface area contributed by atoms with Gasteiger partial charge in [-0.2, -0.15) is 4.99 Å². The molecule has 0 radical (unpaired) electrons. The minimum Gasteiger partial charge on any atom is -0.211 e. The van der Waals surface area contributed by atoms with Crippen molar-refractivity contribution < 1.29 is 4.79 Å². The van der Waals surface area contributed by atoms with E-state index in [1.807, 2.05) is 6.07 Å². The minimum atomic E-state index is -0.316. The summed E-state index contributed by atoms with van der Waals surface area (Å²) < 4.78 is 0. The maximum atomic E-state index is 10.6. The number of aryl methyl sites for hydroxylation is 1. The number of aliphatic imine (C=N–C) groups is 1. The highest BCUT2D eigenvalue weighted by Crippen LogP contribution is 2.46. The number of hydrogen-bond donors (Lipinski definition) is 0. The first-order valence-electron chi connectivity index (χ1n) is 6.16. The van der Waals surface area contributed by atoms with Gasteiger partial charge in [-0.3, -0.25) is 0 Å². The van der Waals surface area contributed by atoms with Gasteiger partial charge in [0.15, 0.2) is 0 Å². The SMILES string of the molecule is O=C=NC1(c2cc(Cl)c3c(c2)CCC3)CCC1. The van der Waals surface area contributed by atoms with Crippen molar-refractivity contribution >= 4 is 17.7 Å². The van der Waals surface area contributed by atoms with Crippen molar-refractivity contribution in [3.05, 3.63) is 33.8 Å². The van der Waals surface area contributed by atoms with Gasteiger partial charge in [0.25, 0.3) is 0 Å². The molecule has 88 valence electrons. The first kappa shape index (κ1) is 11.0. The van der Waals surface area contributed by atoms with E-state index < -0.39 is 0 Å². The normalized spacial score (nSPS) is 20.3. The van der Waals surface area contributed by atoms with Crippen molar-refractivity contribution in [1.29, 1.82) is 0 Å². The zero-order chi connectivity index (χ0) is 11.9. The van der Waals surface area contributed by atoms with E-state index in [-0.39, 0.29) is 5.54 Å². The summed E-state index contributed by atoms with van der Waals surface area (Å²) in [5, 5.41) is 0.849. The van der Waals surface area contributed by atoms with Crippen molar-refractivity contribution in [2.24, 2.45) is 4.99 Å². The molecule has 2 aliphatic rings. The topological polar surface area (TPSA) is 29.4 Å². The molecule has 0 N–H and O–H groups in total. The van der Waals surface area contributed by atoms with Crippen LogP contribution in [0.1, 0.15) is 42.4 Å². The minimum absolute atomic E-state index is 0.316. The molecule has 3 rings (SSSR count). The number of rotatable bonds is 2. The van der Waals surface area contributed by atoms with Gasteiger partial charge in [-0.05, 0) is 61.3 Å². The van der Waals surface area contributed by atoms with Crippen LogP contribution in [0.15, 0.2) is 17.1 Å². The molecule has 0 atom stereocenters. The third kappa shape index (κ3) is 1.64. The fourth-order valence-electron chi connectivity index (χ4n) is 2.98. The highest BCUT2D eigenvalue weighted by molar-refractivity contribution is 6.31. The van der Waals surface area contributed by atoms with Gasteiger partial charge in [0, 0.05) is 5.02 Å². The van der Waals surface area contributed by atoms with E-state index in [1.54, 1.807) is 6.08 Å².